The van der Waals surface area contributed by atoms with Crippen LogP contribution in [0.15, 0.2) is 41.5 Å². The molecule has 0 aromatic heterocycles. The number of halogens is 1. The summed E-state index contributed by atoms with van der Waals surface area (Å²) in [6.45, 7) is 1.17. The predicted molar refractivity (Wildman–Crippen MR) is 120 cm³/mol. The fourth-order valence-corrected chi connectivity index (χ4v) is 3.70. The van der Waals surface area contributed by atoms with E-state index in [1.807, 2.05) is 0 Å². The van der Waals surface area contributed by atoms with Crippen molar-refractivity contribution in [1.29, 1.82) is 0 Å². The highest BCUT2D eigenvalue weighted by atomic mass is 35.5. The summed E-state index contributed by atoms with van der Waals surface area (Å²) in [5.41, 5.74) is 3.69. The van der Waals surface area contributed by atoms with E-state index in [-0.39, 0.29) is 11.4 Å². The molecule has 2 rings (SSSR count). The first kappa shape index (κ1) is 24.3. The molecule has 2 aromatic rings. The molecule has 0 aliphatic rings. The maximum atomic E-state index is 12.5. The lowest BCUT2D eigenvalue weighted by molar-refractivity contribution is -0.119. The number of benzene rings is 2. The predicted octanol–water partition coefficient (Wildman–Crippen LogP) is 2.67. The minimum absolute atomic E-state index is 0.147. The summed E-state index contributed by atoms with van der Waals surface area (Å²) in [5.74, 6) is 0.680. The van der Waals surface area contributed by atoms with Crippen LogP contribution in [0.4, 0.5) is 5.69 Å². The third-order valence-electron chi connectivity index (χ3n) is 4.25. The Morgan fingerprint density at radius 3 is 2.23 bits per heavy atom. The van der Waals surface area contributed by atoms with Crippen molar-refractivity contribution < 1.29 is 27.4 Å². The quantitative estimate of drug-likeness (QED) is 0.447. The van der Waals surface area contributed by atoms with Gasteiger partial charge >= 0.3 is 0 Å². The lowest BCUT2D eigenvalue weighted by atomic mass is 10.1. The van der Waals surface area contributed by atoms with E-state index in [1.54, 1.807) is 31.2 Å². The molecule has 168 valence electrons. The molecule has 1 amide bonds. The third-order valence-corrected chi connectivity index (χ3v) is 5.61. The summed E-state index contributed by atoms with van der Waals surface area (Å²) < 4.78 is 41.2. The van der Waals surface area contributed by atoms with Crippen molar-refractivity contribution in [2.45, 2.75) is 6.92 Å². The van der Waals surface area contributed by atoms with E-state index in [0.29, 0.717) is 27.8 Å². The average molecular weight is 470 g/mol. The summed E-state index contributed by atoms with van der Waals surface area (Å²) in [5, 5.41) is 4.35. The zero-order valence-corrected chi connectivity index (χ0v) is 19.4. The Labute approximate surface area is 186 Å². The molecule has 0 spiro atoms. The average Bonchev–Trinajstić information content (AvgIpc) is 2.74. The van der Waals surface area contributed by atoms with Gasteiger partial charge in [-0.25, -0.2) is 13.8 Å². The van der Waals surface area contributed by atoms with Gasteiger partial charge in [0, 0.05) is 10.6 Å². The Hall–Kier alpha value is -2.98. The second-order valence-corrected chi connectivity index (χ2v) is 8.73. The Morgan fingerprint density at radius 2 is 1.65 bits per heavy atom. The highest BCUT2D eigenvalue weighted by molar-refractivity contribution is 7.92. The molecule has 0 aliphatic carbocycles. The summed E-state index contributed by atoms with van der Waals surface area (Å²) in [4.78, 5) is 12.5. The number of hydrazone groups is 1. The van der Waals surface area contributed by atoms with Crippen LogP contribution in [-0.2, 0) is 14.8 Å². The molecule has 0 fully saturated rings. The number of nitrogens with zero attached hydrogens (tertiary/aromatic N) is 2. The molecule has 0 unspecified atom stereocenters. The summed E-state index contributed by atoms with van der Waals surface area (Å²) in [7, 11) is 0.621. The van der Waals surface area contributed by atoms with Crippen LogP contribution in [0.2, 0.25) is 5.02 Å². The molecule has 0 bridgehead atoms. The van der Waals surface area contributed by atoms with E-state index in [0.717, 1.165) is 10.6 Å². The van der Waals surface area contributed by atoms with Crippen LogP contribution in [0, 0.1) is 0 Å². The number of ether oxygens (including phenoxy) is 3. The number of nitrogens with one attached hydrogen (secondary N) is 1. The fraction of sp³-hybridized carbons (Fsp3) is 0.300. The van der Waals surface area contributed by atoms with Gasteiger partial charge in [0.2, 0.25) is 10.0 Å². The number of anilines is 1. The van der Waals surface area contributed by atoms with E-state index in [2.05, 4.69) is 10.5 Å². The number of methoxy groups -OCH3 is 3. The minimum Gasteiger partial charge on any atom is -0.495 e. The molecule has 0 heterocycles. The van der Waals surface area contributed by atoms with Gasteiger partial charge < -0.3 is 14.2 Å². The van der Waals surface area contributed by atoms with E-state index >= 15 is 0 Å². The number of amides is 1. The van der Waals surface area contributed by atoms with Gasteiger partial charge in [-0.3, -0.25) is 9.10 Å². The molecular formula is C20H24ClN3O6S. The van der Waals surface area contributed by atoms with Crippen molar-refractivity contribution in [2.75, 3.05) is 38.4 Å². The fourth-order valence-electron chi connectivity index (χ4n) is 2.68. The van der Waals surface area contributed by atoms with Gasteiger partial charge in [0.15, 0.2) is 11.5 Å². The molecule has 2 aromatic carbocycles. The molecule has 1 N–H and O–H groups in total. The molecule has 0 saturated heterocycles. The van der Waals surface area contributed by atoms with Gasteiger partial charge in [0.05, 0.1) is 39.0 Å². The second kappa shape index (κ2) is 10.4. The summed E-state index contributed by atoms with van der Waals surface area (Å²) in [6.07, 6.45) is 0.985. The number of hydrogen-bond acceptors (Lipinski definition) is 7. The number of rotatable bonds is 9. The van der Waals surface area contributed by atoms with Crippen molar-refractivity contribution >= 4 is 38.9 Å². The van der Waals surface area contributed by atoms with E-state index in [4.69, 9.17) is 25.8 Å². The van der Waals surface area contributed by atoms with Crippen LogP contribution in [0.1, 0.15) is 12.5 Å². The Bertz CT molecular complexity index is 1090. The topological polar surface area (TPSA) is 107 Å². The Balaban J connectivity index is 2.23. The van der Waals surface area contributed by atoms with Crippen molar-refractivity contribution in [3.63, 3.8) is 0 Å². The van der Waals surface area contributed by atoms with Crippen LogP contribution in [0.25, 0.3) is 0 Å². The first-order valence-corrected chi connectivity index (χ1v) is 11.2. The maximum absolute atomic E-state index is 12.5. The van der Waals surface area contributed by atoms with Crippen molar-refractivity contribution in [3.8, 4) is 17.2 Å². The van der Waals surface area contributed by atoms with Crippen LogP contribution in [-0.4, -0.2) is 54.2 Å². The standard InChI is InChI=1S/C20H24ClN3O6S/c1-13(14-6-8-18(29-3)19(10-14)30-4)22-23-20(25)12-24(31(5,26)27)16-11-15(21)7-9-17(16)28-2/h6-11H,12H2,1-5H3,(H,23,25)/b22-13-. The highest BCUT2D eigenvalue weighted by Crippen LogP contribution is 2.32. The summed E-state index contributed by atoms with van der Waals surface area (Å²) >= 11 is 6.00. The first-order chi connectivity index (χ1) is 14.6. The normalized spacial score (nSPS) is 11.6. The van der Waals surface area contributed by atoms with Gasteiger partial charge in [0.25, 0.3) is 5.91 Å². The maximum Gasteiger partial charge on any atom is 0.260 e. The smallest absolute Gasteiger partial charge is 0.260 e. The highest BCUT2D eigenvalue weighted by Gasteiger charge is 2.24. The lowest BCUT2D eigenvalue weighted by Crippen LogP contribution is -2.39. The van der Waals surface area contributed by atoms with Crippen molar-refractivity contribution in [3.05, 3.63) is 47.0 Å². The van der Waals surface area contributed by atoms with Crippen molar-refractivity contribution in [1.82, 2.24) is 5.43 Å². The van der Waals surface area contributed by atoms with Gasteiger partial charge in [0.1, 0.15) is 12.3 Å². The van der Waals surface area contributed by atoms with Crippen LogP contribution in [0.3, 0.4) is 0 Å². The largest absolute Gasteiger partial charge is 0.495 e. The zero-order valence-electron chi connectivity index (χ0n) is 17.8. The molecule has 0 radical (unpaired) electrons. The number of carbonyl (C=O) groups is 1. The third kappa shape index (κ3) is 6.25. The first-order valence-electron chi connectivity index (χ1n) is 8.97. The van der Waals surface area contributed by atoms with E-state index in [9.17, 15) is 13.2 Å². The Kier molecular flexibility index (Phi) is 8.12. The van der Waals surface area contributed by atoms with Gasteiger partial charge in [-0.05, 0) is 43.3 Å². The molecule has 31 heavy (non-hydrogen) atoms. The van der Waals surface area contributed by atoms with Gasteiger partial charge in [-0.2, -0.15) is 5.10 Å². The lowest BCUT2D eigenvalue weighted by Gasteiger charge is -2.23. The van der Waals surface area contributed by atoms with Crippen molar-refractivity contribution in [2.24, 2.45) is 5.10 Å². The Morgan fingerprint density at radius 1 is 1.03 bits per heavy atom. The second-order valence-electron chi connectivity index (χ2n) is 6.39. The summed E-state index contributed by atoms with van der Waals surface area (Å²) in [6, 6.07) is 9.67. The minimum atomic E-state index is -3.81. The van der Waals surface area contributed by atoms with E-state index < -0.39 is 22.5 Å². The zero-order chi connectivity index (χ0) is 23.2. The van der Waals surface area contributed by atoms with Gasteiger partial charge in [-0.1, -0.05) is 11.6 Å². The number of carbonyl (C=O) groups excluding carboxylic acids is 1. The SMILES string of the molecule is COc1ccc(/C(C)=N\NC(=O)CN(c2cc(Cl)ccc2OC)S(C)(=O)=O)cc1OC. The van der Waals surface area contributed by atoms with Gasteiger partial charge in [-0.15, -0.1) is 0 Å². The molecule has 0 atom stereocenters. The molecule has 9 nitrogen and oxygen atoms in total. The van der Waals surface area contributed by atoms with E-state index in [1.165, 1.54) is 33.5 Å². The van der Waals surface area contributed by atoms with Crippen LogP contribution in [0.5, 0.6) is 17.2 Å². The number of hydrogen-bond donors (Lipinski definition) is 1. The molecule has 0 saturated carbocycles. The number of sulfonamides is 1. The monoisotopic (exact) mass is 469 g/mol. The van der Waals surface area contributed by atoms with Crippen LogP contribution >= 0.6 is 11.6 Å². The van der Waals surface area contributed by atoms with Crippen LogP contribution < -0.4 is 23.9 Å². The molecule has 0 aliphatic heterocycles. The molecular weight excluding hydrogens is 446 g/mol. The molecule has 11 heteroatoms.